The summed E-state index contributed by atoms with van der Waals surface area (Å²) in [4.78, 5) is 0. The van der Waals surface area contributed by atoms with Crippen molar-refractivity contribution in [2.45, 2.75) is 94.9 Å². The summed E-state index contributed by atoms with van der Waals surface area (Å²) < 4.78 is 0. The van der Waals surface area contributed by atoms with Crippen LogP contribution in [0.3, 0.4) is 0 Å². The van der Waals surface area contributed by atoms with Crippen molar-refractivity contribution in [3.63, 3.8) is 0 Å². The van der Waals surface area contributed by atoms with E-state index in [4.69, 9.17) is 0 Å². The molecular weight excluding hydrogens is 300 g/mol. The SMILES string of the molecule is C=C/C=C\C(/C=C(\CCC(C)(C)C)C(=C)C)=C(C)C.CC.CCCC. The van der Waals surface area contributed by atoms with E-state index in [1.807, 2.05) is 26.0 Å². The highest BCUT2D eigenvalue weighted by Gasteiger charge is 2.11. The lowest BCUT2D eigenvalue weighted by atomic mass is 9.86. The van der Waals surface area contributed by atoms with Crippen LogP contribution in [0.25, 0.3) is 0 Å². The second-order valence-corrected chi connectivity index (χ2v) is 7.56. The molecule has 0 heterocycles. The summed E-state index contributed by atoms with van der Waals surface area (Å²) in [5.74, 6) is 0. The van der Waals surface area contributed by atoms with E-state index in [9.17, 15) is 0 Å². The Morgan fingerprint density at radius 2 is 1.44 bits per heavy atom. The molecule has 0 nitrogen and oxygen atoms in total. The highest BCUT2D eigenvalue weighted by Crippen LogP contribution is 2.27. The predicted molar refractivity (Wildman–Crippen MR) is 121 cm³/mol. The van der Waals surface area contributed by atoms with E-state index < -0.39 is 0 Å². The fourth-order valence-electron chi connectivity index (χ4n) is 1.64. The number of hydrogen-bond acceptors (Lipinski definition) is 0. The van der Waals surface area contributed by atoms with Crippen molar-refractivity contribution in [2.24, 2.45) is 5.41 Å². The van der Waals surface area contributed by atoms with Crippen molar-refractivity contribution in [3.8, 4) is 0 Å². The number of allylic oxidation sites excluding steroid dienone is 8. The first-order chi connectivity index (χ1) is 11.6. The maximum atomic E-state index is 4.11. The second kappa shape index (κ2) is 17.5. The standard InChI is InChI=1S/C19H30.C4H10.C2H6/c1-9-10-11-17(15(2)3)14-18(16(4)5)12-13-19(6,7)8;1-3-4-2;1-2/h9-11,14H,1,4,12-13H2,2-3,5-8H3;3-4H2,1-2H3;1-2H3/b11-10-,18-14+;;. The van der Waals surface area contributed by atoms with Crippen LogP contribution in [-0.4, -0.2) is 0 Å². The lowest BCUT2D eigenvalue weighted by molar-refractivity contribution is 0.378. The van der Waals surface area contributed by atoms with Crippen LogP contribution in [0.1, 0.15) is 94.9 Å². The van der Waals surface area contributed by atoms with Gasteiger partial charge in [0, 0.05) is 0 Å². The van der Waals surface area contributed by atoms with Crippen LogP contribution in [0.15, 0.2) is 59.8 Å². The van der Waals surface area contributed by atoms with Crippen molar-refractivity contribution < 1.29 is 0 Å². The van der Waals surface area contributed by atoms with Crippen molar-refractivity contribution in [1.29, 1.82) is 0 Å². The van der Waals surface area contributed by atoms with E-state index in [0.717, 1.165) is 12.0 Å². The average Bonchev–Trinajstić information content (AvgIpc) is 2.54. The van der Waals surface area contributed by atoms with E-state index in [1.54, 1.807) is 0 Å². The topological polar surface area (TPSA) is 0 Å². The fourth-order valence-corrected chi connectivity index (χ4v) is 1.64. The summed E-state index contributed by atoms with van der Waals surface area (Å²) in [5, 5.41) is 0. The molecule has 25 heavy (non-hydrogen) atoms. The first-order valence-corrected chi connectivity index (χ1v) is 9.92. The third-order valence-electron chi connectivity index (χ3n) is 3.51. The zero-order valence-corrected chi connectivity index (χ0v) is 19.1. The van der Waals surface area contributed by atoms with Gasteiger partial charge in [0.25, 0.3) is 0 Å². The lowest BCUT2D eigenvalue weighted by Crippen LogP contribution is -2.05. The molecule has 0 aliphatic carbocycles. The van der Waals surface area contributed by atoms with Crippen molar-refractivity contribution in [2.75, 3.05) is 0 Å². The van der Waals surface area contributed by atoms with E-state index in [2.05, 4.69) is 80.7 Å². The van der Waals surface area contributed by atoms with Crippen LogP contribution in [-0.2, 0) is 0 Å². The number of hydrogen-bond donors (Lipinski definition) is 0. The molecule has 0 radical (unpaired) electrons. The molecule has 0 aromatic rings. The highest BCUT2D eigenvalue weighted by atomic mass is 14.2. The average molecular weight is 347 g/mol. The quantitative estimate of drug-likeness (QED) is 0.403. The normalized spacial score (nSPS) is 11.0. The molecule has 0 saturated carbocycles. The van der Waals surface area contributed by atoms with E-state index in [0.29, 0.717) is 5.41 Å². The highest BCUT2D eigenvalue weighted by molar-refractivity contribution is 5.42. The Labute approximate surface area is 160 Å². The molecule has 0 rings (SSSR count). The van der Waals surface area contributed by atoms with Gasteiger partial charge in [-0.25, -0.2) is 0 Å². The molecule has 0 aliphatic heterocycles. The van der Waals surface area contributed by atoms with E-state index in [1.165, 1.54) is 36.0 Å². The van der Waals surface area contributed by atoms with Crippen molar-refractivity contribution in [1.82, 2.24) is 0 Å². The van der Waals surface area contributed by atoms with Gasteiger partial charge in [-0.1, -0.05) is 110 Å². The van der Waals surface area contributed by atoms with Gasteiger partial charge in [-0.2, -0.15) is 0 Å². The first kappa shape index (κ1) is 28.5. The molecule has 0 unspecified atom stereocenters. The van der Waals surface area contributed by atoms with E-state index in [-0.39, 0.29) is 0 Å². The molecule has 0 N–H and O–H groups in total. The Balaban J connectivity index is -0.000000701. The minimum atomic E-state index is 0.358. The largest absolute Gasteiger partial charge is 0.0991 e. The molecular formula is C25H46. The maximum absolute atomic E-state index is 4.11. The molecule has 0 heteroatoms. The van der Waals surface area contributed by atoms with Gasteiger partial charge in [0.15, 0.2) is 0 Å². The molecule has 146 valence electrons. The monoisotopic (exact) mass is 346 g/mol. The molecule has 0 fully saturated rings. The smallest absolute Gasteiger partial charge is 0.0267 e. The van der Waals surface area contributed by atoms with Gasteiger partial charge in [0.1, 0.15) is 0 Å². The Morgan fingerprint density at radius 1 is 0.960 bits per heavy atom. The zero-order chi connectivity index (χ0) is 20.5. The van der Waals surface area contributed by atoms with Crippen LogP contribution in [0, 0.1) is 5.41 Å². The van der Waals surface area contributed by atoms with Crippen LogP contribution in [0.2, 0.25) is 0 Å². The van der Waals surface area contributed by atoms with Gasteiger partial charge in [-0.3, -0.25) is 0 Å². The number of rotatable bonds is 7. The summed E-state index contributed by atoms with van der Waals surface area (Å²) in [6.07, 6.45) is 13.1. The number of unbranched alkanes of at least 4 members (excludes halogenated alkanes) is 1. The van der Waals surface area contributed by atoms with Gasteiger partial charge in [0.05, 0.1) is 0 Å². The van der Waals surface area contributed by atoms with Crippen LogP contribution >= 0.6 is 0 Å². The van der Waals surface area contributed by atoms with Gasteiger partial charge in [0.2, 0.25) is 0 Å². The van der Waals surface area contributed by atoms with Crippen molar-refractivity contribution >= 4 is 0 Å². The summed E-state index contributed by atoms with van der Waals surface area (Å²) in [6.45, 7) is 29.4. The Kier molecular flexibility index (Phi) is 20.0. The maximum Gasteiger partial charge on any atom is -0.0267 e. The Hall–Kier alpha value is -1.30. The molecule has 0 atom stereocenters. The summed E-state index contributed by atoms with van der Waals surface area (Å²) in [6, 6.07) is 0. The first-order valence-electron chi connectivity index (χ1n) is 9.92. The van der Waals surface area contributed by atoms with Crippen LogP contribution in [0.5, 0.6) is 0 Å². The van der Waals surface area contributed by atoms with Gasteiger partial charge >= 0.3 is 0 Å². The third kappa shape index (κ3) is 20.7. The lowest BCUT2D eigenvalue weighted by Gasteiger charge is -2.19. The van der Waals surface area contributed by atoms with Crippen molar-refractivity contribution in [3.05, 3.63) is 59.8 Å². The molecule has 0 spiro atoms. The van der Waals surface area contributed by atoms with Crippen LogP contribution < -0.4 is 0 Å². The summed E-state index contributed by atoms with van der Waals surface area (Å²) in [7, 11) is 0. The molecule has 0 aromatic carbocycles. The second-order valence-electron chi connectivity index (χ2n) is 7.56. The van der Waals surface area contributed by atoms with Gasteiger partial charge in [-0.05, 0) is 50.2 Å². The van der Waals surface area contributed by atoms with Gasteiger partial charge in [-0.15, -0.1) is 0 Å². The Morgan fingerprint density at radius 3 is 1.72 bits per heavy atom. The van der Waals surface area contributed by atoms with Gasteiger partial charge < -0.3 is 0 Å². The van der Waals surface area contributed by atoms with Crippen LogP contribution in [0.4, 0.5) is 0 Å². The summed E-state index contributed by atoms with van der Waals surface area (Å²) in [5.41, 5.74) is 5.44. The third-order valence-corrected chi connectivity index (χ3v) is 3.51. The zero-order valence-electron chi connectivity index (χ0n) is 19.1. The molecule has 0 saturated heterocycles. The Bertz CT molecular complexity index is 427. The minimum Gasteiger partial charge on any atom is -0.0991 e. The molecule has 0 aromatic heterocycles. The molecule has 0 bridgehead atoms. The minimum absolute atomic E-state index is 0.358. The molecule has 0 amide bonds. The predicted octanol–water partition coefficient (Wildman–Crippen LogP) is 9.23. The summed E-state index contributed by atoms with van der Waals surface area (Å²) >= 11 is 0. The van der Waals surface area contributed by atoms with E-state index >= 15 is 0 Å². The molecule has 0 aliphatic rings. The fraction of sp³-hybridized carbons (Fsp3) is 0.600.